The van der Waals surface area contributed by atoms with Crippen molar-refractivity contribution < 1.29 is 9.53 Å². The molecule has 1 N–H and O–H groups in total. The number of aryl methyl sites for hydroxylation is 2. The quantitative estimate of drug-likeness (QED) is 0.487. The Morgan fingerprint density at radius 3 is 2.69 bits per heavy atom. The molecule has 0 spiro atoms. The van der Waals surface area contributed by atoms with Crippen LogP contribution < -0.4 is 5.32 Å². The van der Waals surface area contributed by atoms with E-state index in [-0.39, 0.29) is 5.91 Å². The first-order chi connectivity index (χ1) is 14.2. The van der Waals surface area contributed by atoms with E-state index < -0.39 is 0 Å². The maximum absolute atomic E-state index is 12.3. The second kappa shape index (κ2) is 10.8. The highest BCUT2D eigenvalue weighted by Gasteiger charge is 2.10. The molecule has 0 aliphatic rings. The van der Waals surface area contributed by atoms with Crippen LogP contribution in [-0.2, 0) is 17.7 Å². The molecule has 0 saturated heterocycles. The van der Waals surface area contributed by atoms with Crippen molar-refractivity contribution in [1.82, 2.24) is 14.9 Å². The molecule has 1 heterocycles. The second-order valence-corrected chi connectivity index (χ2v) is 7.25. The number of unbranched alkanes of at least 4 members (excludes halogenated alkanes) is 2. The molecule has 0 saturated carbocycles. The summed E-state index contributed by atoms with van der Waals surface area (Å²) in [6.07, 6.45) is 4.02. The molecule has 29 heavy (non-hydrogen) atoms. The maximum atomic E-state index is 12.3. The number of para-hydroxylation sites is 2. The van der Waals surface area contributed by atoms with E-state index in [9.17, 15) is 4.79 Å². The molecule has 0 fully saturated rings. The molecule has 5 nitrogen and oxygen atoms in total. The Morgan fingerprint density at radius 1 is 1.07 bits per heavy atom. The van der Waals surface area contributed by atoms with Crippen molar-refractivity contribution in [1.29, 1.82) is 0 Å². The van der Waals surface area contributed by atoms with E-state index in [0.717, 1.165) is 61.3 Å². The number of ether oxygens (including phenoxy) is 1. The van der Waals surface area contributed by atoms with Gasteiger partial charge in [-0.1, -0.05) is 36.8 Å². The third kappa shape index (κ3) is 5.67. The number of aromatic nitrogens is 2. The molecule has 1 aromatic heterocycles. The van der Waals surface area contributed by atoms with Crippen molar-refractivity contribution >= 4 is 16.9 Å². The predicted molar refractivity (Wildman–Crippen MR) is 117 cm³/mol. The van der Waals surface area contributed by atoms with Gasteiger partial charge < -0.3 is 14.6 Å². The molecule has 0 bridgehead atoms. The van der Waals surface area contributed by atoms with E-state index in [0.29, 0.717) is 13.2 Å². The van der Waals surface area contributed by atoms with Crippen molar-refractivity contribution in [2.45, 2.75) is 46.1 Å². The molecule has 3 aromatic rings. The SMILES string of the molecule is CCOCCn1c(CCCCCNC(=O)c2ccccc2C)nc2ccccc21. The molecule has 5 heteroatoms. The molecule has 0 unspecified atom stereocenters. The van der Waals surface area contributed by atoms with Gasteiger partial charge in [-0.15, -0.1) is 0 Å². The van der Waals surface area contributed by atoms with Crippen molar-refractivity contribution in [3.05, 3.63) is 65.5 Å². The molecule has 1 amide bonds. The van der Waals surface area contributed by atoms with Crippen LogP contribution in [0.1, 0.15) is 47.9 Å². The number of amides is 1. The molecule has 0 aliphatic heterocycles. The number of rotatable bonds is 11. The van der Waals surface area contributed by atoms with Crippen molar-refractivity contribution in [3.8, 4) is 0 Å². The van der Waals surface area contributed by atoms with E-state index in [1.165, 1.54) is 5.52 Å². The van der Waals surface area contributed by atoms with Crippen molar-refractivity contribution in [3.63, 3.8) is 0 Å². The van der Waals surface area contributed by atoms with E-state index in [1.807, 2.05) is 44.2 Å². The van der Waals surface area contributed by atoms with E-state index in [1.54, 1.807) is 0 Å². The molecular weight excluding hydrogens is 362 g/mol. The Kier molecular flexibility index (Phi) is 7.82. The van der Waals surface area contributed by atoms with E-state index in [2.05, 4.69) is 28.1 Å². The minimum absolute atomic E-state index is 0.0146. The van der Waals surface area contributed by atoms with Crippen LogP contribution in [0.5, 0.6) is 0 Å². The normalized spacial score (nSPS) is 11.1. The smallest absolute Gasteiger partial charge is 0.251 e. The Morgan fingerprint density at radius 2 is 1.86 bits per heavy atom. The summed E-state index contributed by atoms with van der Waals surface area (Å²) in [7, 11) is 0. The number of carbonyl (C=O) groups excluding carboxylic acids is 1. The summed E-state index contributed by atoms with van der Waals surface area (Å²) in [5.41, 5.74) is 3.99. The highest BCUT2D eigenvalue weighted by atomic mass is 16.5. The van der Waals surface area contributed by atoms with Gasteiger partial charge in [0.25, 0.3) is 5.91 Å². The first-order valence-corrected chi connectivity index (χ1v) is 10.6. The third-order valence-electron chi connectivity index (χ3n) is 5.15. The molecule has 3 rings (SSSR count). The third-order valence-corrected chi connectivity index (χ3v) is 5.15. The lowest BCUT2D eigenvalue weighted by Gasteiger charge is -2.10. The average molecular weight is 394 g/mol. The maximum Gasteiger partial charge on any atom is 0.251 e. The Bertz CT molecular complexity index is 933. The van der Waals surface area contributed by atoms with Crippen LogP contribution in [0.3, 0.4) is 0 Å². The van der Waals surface area contributed by atoms with Crippen molar-refractivity contribution in [2.75, 3.05) is 19.8 Å². The van der Waals surface area contributed by atoms with Crippen LogP contribution >= 0.6 is 0 Å². The molecular formula is C24H31N3O2. The number of hydrogen-bond acceptors (Lipinski definition) is 3. The van der Waals surface area contributed by atoms with Crippen LogP contribution in [0.2, 0.25) is 0 Å². The van der Waals surface area contributed by atoms with Crippen molar-refractivity contribution in [2.24, 2.45) is 0 Å². The van der Waals surface area contributed by atoms with Gasteiger partial charge in [-0.2, -0.15) is 0 Å². The molecule has 0 radical (unpaired) electrons. The highest BCUT2D eigenvalue weighted by molar-refractivity contribution is 5.95. The first kappa shape index (κ1) is 21.1. The van der Waals surface area contributed by atoms with Crippen LogP contribution in [0.25, 0.3) is 11.0 Å². The molecule has 2 aromatic carbocycles. The van der Waals surface area contributed by atoms with Gasteiger partial charge in [0.1, 0.15) is 5.82 Å². The highest BCUT2D eigenvalue weighted by Crippen LogP contribution is 2.18. The molecule has 0 aliphatic carbocycles. The molecule has 0 atom stereocenters. The van der Waals surface area contributed by atoms with E-state index in [4.69, 9.17) is 9.72 Å². The predicted octanol–water partition coefficient (Wildman–Crippen LogP) is 4.52. The number of carbonyl (C=O) groups is 1. The fraction of sp³-hybridized carbons (Fsp3) is 0.417. The monoisotopic (exact) mass is 393 g/mol. The zero-order valence-corrected chi connectivity index (χ0v) is 17.5. The standard InChI is InChI=1S/C24H31N3O2/c1-3-29-18-17-27-22-14-9-8-13-21(22)26-23(27)15-5-4-10-16-25-24(28)20-12-7-6-11-19(20)2/h6-9,11-14H,3-5,10,15-18H2,1-2H3,(H,25,28). The fourth-order valence-corrected chi connectivity index (χ4v) is 3.58. The Balaban J connectivity index is 1.46. The second-order valence-electron chi connectivity index (χ2n) is 7.25. The number of nitrogens with zero attached hydrogens (tertiary/aromatic N) is 2. The van der Waals surface area contributed by atoms with Gasteiger partial charge in [0, 0.05) is 31.7 Å². The Hall–Kier alpha value is -2.66. The van der Waals surface area contributed by atoms with Crippen LogP contribution in [0, 0.1) is 6.92 Å². The van der Waals surface area contributed by atoms with Gasteiger partial charge in [0.05, 0.1) is 17.6 Å². The first-order valence-electron chi connectivity index (χ1n) is 10.6. The number of imidazole rings is 1. The van der Waals surface area contributed by atoms with Gasteiger partial charge in [0.15, 0.2) is 0 Å². The largest absolute Gasteiger partial charge is 0.380 e. The summed E-state index contributed by atoms with van der Waals surface area (Å²) in [5.74, 6) is 1.13. The average Bonchev–Trinajstić information content (AvgIpc) is 3.08. The summed E-state index contributed by atoms with van der Waals surface area (Å²) in [4.78, 5) is 17.1. The van der Waals surface area contributed by atoms with Crippen LogP contribution in [0.4, 0.5) is 0 Å². The van der Waals surface area contributed by atoms with E-state index >= 15 is 0 Å². The zero-order chi connectivity index (χ0) is 20.5. The fourth-order valence-electron chi connectivity index (χ4n) is 3.58. The summed E-state index contributed by atoms with van der Waals surface area (Å²) in [6.45, 7) is 6.95. The van der Waals surface area contributed by atoms with Crippen LogP contribution in [-0.4, -0.2) is 35.2 Å². The number of benzene rings is 2. The lowest BCUT2D eigenvalue weighted by Crippen LogP contribution is -2.25. The minimum atomic E-state index is 0.0146. The lowest BCUT2D eigenvalue weighted by atomic mass is 10.1. The number of fused-ring (bicyclic) bond motifs is 1. The lowest BCUT2D eigenvalue weighted by molar-refractivity contribution is 0.0952. The number of nitrogens with one attached hydrogen (secondary N) is 1. The van der Waals surface area contributed by atoms with Gasteiger partial charge >= 0.3 is 0 Å². The van der Waals surface area contributed by atoms with Gasteiger partial charge in [0.2, 0.25) is 0 Å². The van der Waals surface area contributed by atoms with Crippen LogP contribution in [0.15, 0.2) is 48.5 Å². The topological polar surface area (TPSA) is 56.1 Å². The Labute approximate surface area is 173 Å². The minimum Gasteiger partial charge on any atom is -0.380 e. The van der Waals surface area contributed by atoms with Gasteiger partial charge in [-0.25, -0.2) is 4.98 Å². The number of hydrogen-bond donors (Lipinski definition) is 1. The van der Waals surface area contributed by atoms with Gasteiger partial charge in [-0.3, -0.25) is 4.79 Å². The van der Waals surface area contributed by atoms with Gasteiger partial charge in [-0.05, 0) is 50.5 Å². The zero-order valence-electron chi connectivity index (χ0n) is 17.5. The summed E-state index contributed by atoms with van der Waals surface area (Å²) in [5, 5.41) is 3.03. The summed E-state index contributed by atoms with van der Waals surface area (Å²) >= 11 is 0. The summed E-state index contributed by atoms with van der Waals surface area (Å²) in [6, 6.07) is 16.0. The molecule has 154 valence electrons. The summed E-state index contributed by atoms with van der Waals surface area (Å²) < 4.78 is 7.83.